The van der Waals surface area contributed by atoms with Crippen molar-refractivity contribution in [2.45, 2.75) is 50.5 Å². The molecule has 122 valence electrons. The summed E-state index contributed by atoms with van der Waals surface area (Å²) in [7, 11) is 0. The van der Waals surface area contributed by atoms with Gasteiger partial charge in [0.25, 0.3) is 0 Å². The van der Waals surface area contributed by atoms with Crippen LogP contribution in [0.5, 0.6) is 0 Å². The number of hydrogen-bond donors (Lipinski definition) is 4. The molecule has 0 aromatic rings. The molecule has 1 atom stereocenters. The number of ether oxygens (including phenoxy) is 1. The summed E-state index contributed by atoms with van der Waals surface area (Å²) in [6.07, 6.45) is 1.89. The van der Waals surface area contributed by atoms with E-state index < -0.39 is 36.4 Å². The van der Waals surface area contributed by atoms with Crippen molar-refractivity contribution in [1.82, 2.24) is 0 Å². The Morgan fingerprint density at radius 3 is 2.00 bits per heavy atom. The van der Waals surface area contributed by atoms with Gasteiger partial charge in [0.15, 0.2) is 5.60 Å². The highest BCUT2D eigenvalue weighted by atomic mass is 16.5. The van der Waals surface area contributed by atoms with Gasteiger partial charge in [0.2, 0.25) is 0 Å². The third-order valence-corrected chi connectivity index (χ3v) is 2.84. The van der Waals surface area contributed by atoms with Crippen molar-refractivity contribution >= 4 is 17.9 Å². The number of esters is 1. The normalized spacial score (nSPS) is 13.4. The molecule has 0 amide bonds. The molecule has 0 heterocycles. The van der Waals surface area contributed by atoms with Crippen molar-refractivity contribution in [1.29, 1.82) is 0 Å². The standard InChI is InChI=1S/C13H22O8/c14-6-4-2-1-3-5-7-21-11(17)9-13(20,12(18)19)8-10(15)16/h14,20H,1-9H2,(H,15,16)(H,18,19). The summed E-state index contributed by atoms with van der Waals surface area (Å²) in [5, 5.41) is 35.5. The number of unbranched alkanes of at least 4 members (excludes halogenated alkanes) is 4. The van der Waals surface area contributed by atoms with E-state index in [2.05, 4.69) is 0 Å². The van der Waals surface area contributed by atoms with Crippen LogP contribution in [0.2, 0.25) is 0 Å². The summed E-state index contributed by atoms with van der Waals surface area (Å²) < 4.78 is 4.77. The number of carbonyl (C=O) groups is 3. The zero-order chi connectivity index (χ0) is 16.3. The highest BCUT2D eigenvalue weighted by Gasteiger charge is 2.41. The molecule has 0 saturated heterocycles. The van der Waals surface area contributed by atoms with Crippen LogP contribution in [0.25, 0.3) is 0 Å². The van der Waals surface area contributed by atoms with Gasteiger partial charge in [-0.05, 0) is 12.8 Å². The quantitative estimate of drug-likeness (QED) is 0.295. The predicted octanol–water partition coefficient (Wildman–Crippen LogP) is 0.153. The van der Waals surface area contributed by atoms with Crippen LogP contribution in [-0.2, 0) is 19.1 Å². The molecular formula is C13H22O8. The van der Waals surface area contributed by atoms with Gasteiger partial charge in [-0.1, -0.05) is 19.3 Å². The van der Waals surface area contributed by atoms with E-state index in [9.17, 15) is 19.5 Å². The first kappa shape index (κ1) is 19.3. The lowest BCUT2D eigenvalue weighted by Gasteiger charge is -2.20. The average Bonchev–Trinajstić information content (AvgIpc) is 2.36. The first-order valence-electron chi connectivity index (χ1n) is 6.76. The van der Waals surface area contributed by atoms with Gasteiger partial charge in [-0.2, -0.15) is 0 Å². The van der Waals surface area contributed by atoms with Gasteiger partial charge in [0.05, 0.1) is 19.4 Å². The second-order valence-corrected chi connectivity index (χ2v) is 4.80. The zero-order valence-electron chi connectivity index (χ0n) is 11.8. The molecule has 0 spiro atoms. The van der Waals surface area contributed by atoms with Crippen molar-refractivity contribution in [3.8, 4) is 0 Å². The maximum Gasteiger partial charge on any atom is 0.336 e. The molecule has 0 rings (SSSR count). The Morgan fingerprint density at radius 1 is 0.905 bits per heavy atom. The topological polar surface area (TPSA) is 141 Å². The first-order chi connectivity index (χ1) is 9.81. The minimum Gasteiger partial charge on any atom is -0.481 e. The Morgan fingerprint density at radius 2 is 1.48 bits per heavy atom. The van der Waals surface area contributed by atoms with E-state index >= 15 is 0 Å². The van der Waals surface area contributed by atoms with E-state index in [0.29, 0.717) is 6.42 Å². The van der Waals surface area contributed by atoms with E-state index in [0.717, 1.165) is 25.7 Å². The lowest BCUT2D eigenvalue weighted by molar-refractivity contribution is -0.172. The number of aliphatic hydroxyl groups excluding tert-OH is 1. The van der Waals surface area contributed by atoms with E-state index in [1.165, 1.54) is 0 Å². The largest absolute Gasteiger partial charge is 0.481 e. The fourth-order valence-corrected chi connectivity index (χ4v) is 1.68. The summed E-state index contributed by atoms with van der Waals surface area (Å²) in [5.74, 6) is -4.24. The Hall–Kier alpha value is -1.67. The van der Waals surface area contributed by atoms with Crippen molar-refractivity contribution in [3.63, 3.8) is 0 Å². The Kier molecular flexibility index (Phi) is 9.31. The summed E-state index contributed by atoms with van der Waals surface area (Å²) >= 11 is 0. The molecule has 8 nitrogen and oxygen atoms in total. The molecule has 1 unspecified atom stereocenters. The maximum absolute atomic E-state index is 11.4. The minimum absolute atomic E-state index is 0.0841. The van der Waals surface area contributed by atoms with E-state index in [1.807, 2.05) is 0 Å². The minimum atomic E-state index is -2.65. The third-order valence-electron chi connectivity index (χ3n) is 2.84. The van der Waals surface area contributed by atoms with Gasteiger partial charge in [-0.25, -0.2) is 4.79 Å². The van der Waals surface area contributed by atoms with Gasteiger partial charge in [0, 0.05) is 6.61 Å². The highest BCUT2D eigenvalue weighted by Crippen LogP contribution is 2.17. The van der Waals surface area contributed by atoms with Gasteiger partial charge in [0.1, 0.15) is 0 Å². The van der Waals surface area contributed by atoms with E-state index in [-0.39, 0.29) is 13.2 Å². The molecule has 8 heteroatoms. The zero-order valence-corrected chi connectivity index (χ0v) is 11.8. The molecule has 0 saturated carbocycles. The summed E-state index contributed by atoms with van der Waals surface area (Å²) in [6, 6.07) is 0. The Bertz CT molecular complexity index is 354. The molecule has 0 fully saturated rings. The second kappa shape index (κ2) is 10.1. The Labute approximate surface area is 122 Å². The molecular weight excluding hydrogens is 284 g/mol. The molecule has 0 bridgehead atoms. The van der Waals surface area contributed by atoms with Gasteiger partial charge < -0.3 is 25.2 Å². The molecule has 21 heavy (non-hydrogen) atoms. The van der Waals surface area contributed by atoms with Crippen molar-refractivity contribution in [3.05, 3.63) is 0 Å². The molecule has 0 aliphatic rings. The van der Waals surface area contributed by atoms with Crippen LogP contribution in [0.15, 0.2) is 0 Å². The van der Waals surface area contributed by atoms with Crippen molar-refractivity contribution in [2.75, 3.05) is 13.2 Å². The van der Waals surface area contributed by atoms with Gasteiger partial charge in [-0.3, -0.25) is 9.59 Å². The summed E-state index contributed by atoms with van der Waals surface area (Å²) in [5.41, 5.74) is -2.65. The number of hydrogen-bond acceptors (Lipinski definition) is 6. The molecule has 4 N–H and O–H groups in total. The maximum atomic E-state index is 11.4. The Balaban J connectivity index is 4.00. The van der Waals surface area contributed by atoms with Crippen molar-refractivity contribution < 1.29 is 39.5 Å². The molecule has 0 aliphatic heterocycles. The number of carbonyl (C=O) groups excluding carboxylic acids is 1. The number of rotatable bonds is 12. The van der Waals surface area contributed by atoms with E-state index in [4.69, 9.17) is 20.1 Å². The highest BCUT2D eigenvalue weighted by molar-refractivity contribution is 5.88. The van der Waals surface area contributed by atoms with Crippen LogP contribution < -0.4 is 0 Å². The number of aliphatic hydroxyl groups is 2. The fraction of sp³-hybridized carbons (Fsp3) is 0.769. The summed E-state index contributed by atoms with van der Waals surface area (Å²) in [4.78, 5) is 32.7. The number of carboxylic acid groups (broad SMARTS) is 2. The number of aliphatic carboxylic acids is 2. The van der Waals surface area contributed by atoms with Gasteiger partial charge >= 0.3 is 17.9 Å². The van der Waals surface area contributed by atoms with Crippen LogP contribution in [0.1, 0.15) is 44.9 Å². The predicted molar refractivity (Wildman–Crippen MR) is 70.6 cm³/mol. The number of carboxylic acids is 2. The molecule has 0 aromatic carbocycles. The summed E-state index contributed by atoms with van der Waals surface area (Å²) in [6.45, 7) is 0.229. The third kappa shape index (κ3) is 8.98. The monoisotopic (exact) mass is 306 g/mol. The lowest BCUT2D eigenvalue weighted by Crippen LogP contribution is -2.43. The lowest BCUT2D eigenvalue weighted by atomic mass is 9.96. The van der Waals surface area contributed by atoms with Crippen molar-refractivity contribution in [2.24, 2.45) is 0 Å². The van der Waals surface area contributed by atoms with Crippen LogP contribution in [0.3, 0.4) is 0 Å². The van der Waals surface area contributed by atoms with Gasteiger partial charge in [-0.15, -0.1) is 0 Å². The smallest absolute Gasteiger partial charge is 0.336 e. The van der Waals surface area contributed by atoms with Crippen LogP contribution in [0.4, 0.5) is 0 Å². The second-order valence-electron chi connectivity index (χ2n) is 4.80. The van der Waals surface area contributed by atoms with Crippen LogP contribution in [0, 0.1) is 0 Å². The van der Waals surface area contributed by atoms with Crippen LogP contribution >= 0.6 is 0 Å². The van der Waals surface area contributed by atoms with Crippen LogP contribution in [-0.4, -0.2) is 57.1 Å². The molecule has 0 aromatic heterocycles. The fourth-order valence-electron chi connectivity index (χ4n) is 1.68. The molecule has 0 radical (unpaired) electrons. The van der Waals surface area contributed by atoms with E-state index in [1.54, 1.807) is 0 Å². The average molecular weight is 306 g/mol. The molecule has 0 aliphatic carbocycles. The first-order valence-corrected chi connectivity index (χ1v) is 6.76. The SMILES string of the molecule is O=C(O)CC(O)(CC(=O)OCCCCCCCO)C(=O)O.